The third-order valence-corrected chi connectivity index (χ3v) is 5.64. The van der Waals surface area contributed by atoms with Gasteiger partial charge in [-0.15, -0.1) is 0 Å². The number of carbonyl (C=O) groups excluding carboxylic acids is 1. The Labute approximate surface area is 189 Å². The summed E-state index contributed by atoms with van der Waals surface area (Å²) in [7, 11) is 1.30. The molecule has 0 bridgehead atoms. The number of aromatic hydroxyl groups is 1. The van der Waals surface area contributed by atoms with E-state index in [2.05, 4.69) is 15.3 Å². The number of rotatable bonds is 7. The quantitative estimate of drug-likeness (QED) is 0.316. The molecular formula is C22H17F2N3O5S. The number of ether oxygens (including phenoxy) is 1. The van der Waals surface area contributed by atoms with E-state index in [0.29, 0.717) is 31.9 Å². The standard InChI is InChI=1S/C22H17F2N3O5S/c1-31-17-9-12(8-15(24)19(17)28)10-18-21(30)27-11-16(25-22(27)33-18)13-2-4-14(5-3-13)20(29)26-32-7-6-23/h2-5,8-11,28H,6-7H2,1H3,(H,26,29)/b18-10-. The first-order valence-corrected chi connectivity index (χ1v) is 10.4. The van der Waals surface area contributed by atoms with Gasteiger partial charge in [0.05, 0.1) is 17.3 Å². The van der Waals surface area contributed by atoms with Gasteiger partial charge in [0, 0.05) is 17.3 Å². The monoisotopic (exact) mass is 473 g/mol. The number of hydrogen-bond donors (Lipinski definition) is 2. The molecule has 2 aromatic carbocycles. The van der Waals surface area contributed by atoms with E-state index in [4.69, 9.17) is 4.74 Å². The van der Waals surface area contributed by atoms with Gasteiger partial charge in [0.2, 0.25) is 0 Å². The summed E-state index contributed by atoms with van der Waals surface area (Å²) in [4.78, 5) is 34.3. The fraction of sp³-hybridized carbons (Fsp3) is 0.136. The van der Waals surface area contributed by atoms with Crippen LogP contribution in [0.5, 0.6) is 11.5 Å². The van der Waals surface area contributed by atoms with Gasteiger partial charge in [0.15, 0.2) is 22.3 Å². The molecule has 170 valence electrons. The van der Waals surface area contributed by atoms with Crippen LogP contribution in [0.15, 0.2) is 47.4 Å². The largest absolute Gasteiger partial charge is 0.502 e. The van der Waals surface area contributed by atoms with Crippen LogP contribution in [0.2, 0.25) is 0 Å². The second kappa shape index (κ2) is 9.35. The molecule has 11 heteroatoms. The molecule has 0 aliphatic heterocycles. The van der Waals surface area contributed by atoms with Gasteiger partial charge in [-0.3, -0.25) is 18.8 Å². The highest BCUT2D eigenvalue weighted by Crippen LogP contribution is 2.30. The second-order valence-corrected chi connectivity index (χ2v) is 7.80. The van der Waals surface area contributed by atoms with E-state index in [0.717, 1.165) is 17.4 Å². The lowest BCUT2D eigenvalue weighted by Crippen LogP contribution is -2.24. The van der Waals surface area contributed by atoms with Crippen molar-refractivity contribution in [1.82, 2.24) is 14.9 Å². The molecule has 2 heterocycles. The molecule has 0 saturated heterocycles. The van der Waals surface area contributed by atoms with Gasteiger partial charge < -0.3 is 9.84 Å². The lowest BCUT2D eigenvalue weighted by Gasteiger charge is -2.05. The van der Waals surface area contributed by atoms with Crippen LogP contribution < -0.4 is 20.3 Å². The molecule has 8 nitrogen and oxygen atoms in total. The molecule has 4 aromatic rings. The van der Waals surface area contributed by atoms with Crippen LogP contribution in [-0.2, 0) is 4.84 Å². The summed E-state index contributed by atoms with van der Waals surface area (Å²) in [5, 5.41) is 9.63. The maximum Gasteiger partial charge on any atom is 0.274 e. The summed E-state index contributed by atoms with van der Waals surface area (Å²) >= 11 is 1.12. The molecule has 0 aliphatic rings. The summed E-state index contributed by atoms with van der Waals surface area (Å²) < 4.78 is 32.6. The number of phenolic OH excluding ortho intramolecular Hbond substituents is 1. The van der Waals surface area contributed by atoms with Gasteiger partial charge in [-0.1, -0.05) is 23.5 Å². The number of carbonyl (C=O) groups is 1. The number of imidazole rings is 1. The summed E-state index contributed by atoms with van der Waals surface area (Å²) in [6, 6.07) is 8.97. The molecule has 2 aromatic heterocycles. The zero-order chi connectivity index (χ0) is 23.5. The predicted octanol–water partition coefficient (Wildman–Crippen LogP) is 2.45. The van der Waals surface area contributed by atoms with Crippen molar-refractivity contribution in [2.75, 3.05) is 20.4 Å². The molecule has 0 aliphatic carbocycles. The molecule has 1 amide bonds. The number of amides is 1. The van der Waals surface area contributed by atoms with Crippen molar-refractivity contribution in [3.05, 3.63) is 74.4 Å². The molecule has 0 unspecified atom stereocenters. The normalized spacial score (nSPS) is 11.8. The van der Waals surface area contributed by atoms with Crippen LogP contribution >= 0.6 is 11.3 Å². The van der Waals surface area contributed by atoms with Crippen LogP contribution in [0.25, 0.3) is 22.3 Å². The van der Waals surface area contributed by atoms with E-state index in [9.17, 15) is 23.5 Å². The molecule has 33 heavy (non-hydrogen) atoms. The Kier molecular flexibility index (Phi) is 6.33. The number of hydroxylamine groups is 1. The number of halogens is 2. The predicted molar refractivity (Wildman–Crippen MR) is 118 cm³/mol. The Morgan fingerprint density at radius 2 is 2.06 bits per heavy atom. The maximum absolute atomic E-state index is 13.9. The van der Waals surface area contributed by atoms with Crippen molar-refractivity contribution >= 4 is 28.3 Å². The number of benzene rings is 2. The Morgan fingerprint density at radius 1 is 1.30 bits per heavy atom. The van der Waals surface area contributed by atoms with Crippen LogP contribution in [0.1, 0.15) is 15.9 Å². The number of alkyl halides is 1. The first-order valence-electron chi connectivity index (χ1n) is 9.60. The Morgan fingerprint density at radius 3 is 2.73 bits per heavy atom. The highest BCUT2D eigenvalue weighted by atomic mass is 32.1. The highest BCUT2D eigenvalue weighted by Gasteiger charge is 2.13. The topological polar surface area (TPSA) is 102 Å². The smallest absolute Gasteiger partial charge is 0.274 e. The van der Waals surface area contributed by atoms with Gasteiger partial charge in [-0.2, -0.15) is 0 Å². The summed E-state index contributed by atoms with van der Waals surface area (Å²) in [5.41, 5.74) is 3.69. The summed E-state index contributed by atoms with van der Waals surface area (Å²) in [5.74, 6) is -2.00. The van der Waals surface area contributed by atoms with Crippen molar-refractivity contribution in [2.24, 2.45) is 0 Å². The van der Waals surface area contributed by atoms with Gasteiger partial charge in [-0.05, 0) is 35.9 Å². The van der Waals surface area contributed by atoms with Gasteiger partial charge in [-0.25, -0.2) is 19.2 Å². The van der Waals surface area contributed by atoms with Crippen LogP contribution in [0, 0.1) is 5.82 Å². The van der Waals surface area contributed by atoms with Crippen molar-refractivity contribution < 1.29 is 28.3 Å². The Hall–Kier alpha value is -3.83. The average Bonchev–Trinajstić information content (AvgIpc) is 3.35. The van der Waals surface area contributed by atoms with Gasteiger partial charge in [0.1, 0.15) is 13.3 Å². The number of phenols is 1. The van der Waals surface area contributed by atoms with Crippen LogP contribution in [-0.4, -0.2) is 40.8 Å². The Balaban J connectivity index is 1.61. The van der Waals surface area contributed by atoms with E-state index in [1.54, 1.807) is 30.5 Å². The first kappa shape index (κ1) is 22.4. The van der Waals surface area contributed by atoms with Crippen molar-refractivity contribution in [1.29, 1.82) is 0 Å². The zero-order valence-corrected chi connectivity index (χ0v) is 18.0. The van der Waals surface area contributed by atoms with Gasteiger partial charge in [0.25, 0.3) is 11.5 Å². The van der Waals surface area contributed by atoms with Crippen molar-refractivity contribution in [2.45, 2.75) is 0 Å². The average molecular weight is 473 g/mol. The fourth-order valence-electron chi connectivity index (χ4n) is 3.06. The zero-order valence-electron chi connectivity index (χ0n) is 17.2. The molecule has 4 rings (SSSR count). The number of aromatic nitrogens is 2. The molecule has 0 fully saturated rings. The first-order chi connectivity index (χ1) is 15.9. The summed E-state index contributed by atoms with van der Waals surface area (Å²) in [6.45, 7) is -0.945. The van der Waals surface area contributed by atoms with Crippen molar-refractivity contribution in [3.8, 4) is 22.8 Å². The number of fused-ring (bicyclic) bond motifs is 1. The second-order valence-electron chi connectivity index (χ2n) is 6.79. The van der Waals surface area contributed by atoms with Crippen LogP contribution in [0.4, 0.5) is 8.78 Å². The SMILES string of the molecule is COc1cc(/C=c2\sc3nc(-c4ccc(C(=O)NOCCF)cc4)cn3c2=O)cc(F)c1O. The van der Waals surface area contributed by atoms with E-state index < -0.39 is 24.1 Å². The third-order valence-electron chi connectivity index (χ3n) is 4.66. The number of nitrogens with one attached hydrogen (secondary N) is 1. The van der Waals surface area contributed by atoms with E-state index in [1.807, 2.05) is 0 Å². The minimum Gasteiger partial charge on any atom is -0.502 e. The Bertz CT molecular complexity index is 1430. The highest BCUT2D eigenvalue weighted by molar-refractivity contribution is 7.15. The third kappa shape index (κ3) is 4.54. The van der Waals surface area contributed by atoms with E-state index >= 15 is 0 Å². The molecule has 2 N–H and O–H groups in total. The maximum atomic E-state index is 13.9. The molecular weight excluding hydrogens is 456 g/mol. The van der Waals surface area contributed by atoms with E-state index in [1.165, 1.54) is 23.7 Å². The summed E-state index contributed by atoms with van der Waals surface area (Å²) in [6.07, 6.45) is 3.06. The fourth-order valence-corrected chi connectivity index (χ4v) is 4.02. The number of nitrogens with zero attached hydrogens (tertiary/aromatic N) is 2. The minimum absolute atomic E-state index is 0.0385. The number of methoxy groups -OCH3 is 1. The number of hydrogen-bond acceptors (Lipinski definition) is 7. The lowest BCUT2D eigenvalue weighted by atomic mass is 10.1. The molecule has 0 saturated carbocycles. The number of thiazole rings is 1. The van der Waals surface area contributed by atoms with E-state index in [-0.39, 0.29) is 17.9 Å². The molecule has 0 spiro atoms. The van der Waals surface area contributed by atoms with Gasteiger partial charge >= 0.3 is 0 Å². The molecule has 0 radical (unpaired) electrons. The molecule has 0 atom stereocenters. The lowest BCUT2D eigenvalue weighted by molar-refractivity contribution is 0.0264. The van der Waals surface area contributed by atoms with Crippen molar-refractivity contribution in [3.63, 3.8) is 0 Å². The van der Waals surface area contributed by atoms with Crippen LogP contribution in [0.3, 0.4) is 0 Å². The minimum atomic E-state index is -0.859.